The van der Waals surface area contributed by atoms with Crippen LogP contribution in [0.25, 0.3) is 10.9 Å². The van der Waals surface area contributed by atoms with Crippen molar-refractivity contribution in [1.82, 2.24) is 24.3 Å². The lowest BCUT2D eigenvalue weighted by Gasteiger charge is -2.34. The molecule has 1 aliphatic heterocycles. The number of aryl methyl sites for hydroxylation is 1. The first-order valence-corrected chi connectivity index (χ1v) is 14.5. The molecule has 43 heavy (non-hydrogen) atoms. The second-order valence-electron chi connectivity index (χ2n) is 10.3. The molecule has 9 nitrogen and oxygen atoms in total. The van der Waals surface area contributed by atoms with Gasteiger partial charge < -0.3 is 19.5 Å². The van der Waals surface area contributed by atoms with Gasteiger partial charge in [-0.25, -0.2) is 4.98 Å². The van der Waals surface area contributed by atoms with Crippen LogP contribution in [0.1, 0.15) is 26.4 Å². The number of anilines is 1. The topological polar surface area (TPSA) is 92.6 Å². The van der Waals surface area contributed by atoms with Gasteiger partial charge in [-0.15, -0.1) is 0 Å². The Hall–Kier alpha value is -4.44. The highest BCUT2D eigenvalue weighted by molar-refractivity contribution is 6.42. The third kappa shape index (κ3) is 6.49. The molecule has 3 aromatic heterocycles. The molecule has 218 valence electrons. The first-order valence-electron chi connectivity index (χ1n) is 13.7. The van der Waals surface area contributed by atoms with E-state index in [2.05, 4.69) is 20.2 Å². The Morgan fingerprint density at radius 1 is 0.907 bits per heavy atom. The Bertz CT molecular complexity index is 1780. The van der Waals surface area contributed by atoms with Gasteiger partial charge in [-0.3, -0.25) is 19.5 Å². The Kier molecular flexibility index (Phi) is 8.29. The number of pyridine rings is 2. The smallest absolute Gasteiger partial charge is 0.270 e. The predicted molar refractivity (Wildman–Crippen MR) is 167 cm³/mol. The van der Waals surface area contributed by atoms with E-state index in [0.717, 1.165) is 30.5 Å². The van der Waals surface area contributed by atoms with E-state index in [4.69, 9.17) is 27.9 Å². The monoisotopic (exact) mass is 614 g/mol. The maximum absolute atomic E-state index is 13.5. The summed E-state index contributed by atoms with van der Waals surface area (Å²) in [6.45, 7) is 3.85. The number of carbonyl (C=O) groups excluding carboxylic acids is 2. The summed E-state index contributed by atoms with van der Waals surface area (Å²) in [4.78, 5) is 38.7. The van der Waals surface area contributed by atoms with E-state index >= 15 is 0 Å². The Balaban J connectivity index is 1.08. The summed E-state index contributed by atoms with van der Waals surface area (Å²) in [6, 6.07) is 19.7. The molecule has 5 aromatic rings. The molecule has 1 fully saturated rings. The number of piperazine rings is 1. The molecule has 1 N–H and O–H groups in total. The lowest BCUT2D eigenvalue weighted by Crippen LogP contribution is -2.48. The number of halogens is 2. The van der Waals surface area contributed by atoms with Gasteiger partial charge in [0.15, 0.2) is 0 Å². The third-order valence-corrected chi connectivity index (χ3v) is 8.19. The van der Waals surface area contributed by atoms with Crippen molar-refractivity contribution >= 4 is 51.6 Å². The fourth-order valence-electron chi connectivity index (χ4n) is 5.09. The molecule has 11 heteroatoms. The number of aromatic nitrogens is 3. The average molecular weight is 616 g/mol. The van der Waals surface area contributed by atoms with E-state index in [1.807, 2.05) is 52.9 Å². The predicted octanol–water partition coefficient (Wildman–Crippen LogP) is 6.28. The lowest BCUT2D eigenvalue weighted by molar-refractivity contribution is 0.0619. The summed E-state index contributed by atoms with van der Waals surface area (Å²) < 4.78 is 7.90. The summed E-state index contributed by atoms with van der Waals surface area (Å²) in [6.07, 6.45) is 5.13. The van der Waals surface area contributed by atoms with E-state index in [-0.39, 0.29) is 11.8 Å². The fraction of sp³-hybridized carbons (Fsp3) is 0.188. The molecule has 1 aliphatic rings. The number of benzene rings is 2. The minimum absolute atomic E-state index is 0.0184. The van der Waals surface area contributed by atoms with Gasteiger partial charge in [0.1, 0.15) is 11.4 Å². The average Bonchev–Trinajstić information content (AvgIpc) is 3.35. The third-order valence-electron chi connectivity index (χ3n) is 7.45. The maximum atomic E-state index is 13.5. The van der Waals surface area contributed by atoms with Crippen molar-refractivity contribution < 1.29 is 14.3 Å². The van der Waals surface area contributed by atoms with Crippen molar-refractivity contribution in [2.45, 2.75) is 6.54 Å². The summed E-state index contributed by atoms with van der Waals surface area (Å²) in [5.74, 6) is 0.635. The number of amides is 2. The van der Waals surface area contributed by atoms with Crippen molar-refractivity contribution in [3.63, 3.8) is 0 Å². The zero-order valence-electron chi connectivity index (χ0n) is 23.3. The molecule has 0 atom stereocenters. The highest BCUT2D eigenvalue weighted by atomic mass is 35.5. The van der Waals surface area contributed by atoms with Crippen molar-refractivity contribution in [1.29, 1.82) is 0 Å². The Labute approximate surface area is 258 Å². The SMILES string of the molecule is Cn1c(C(=O)N2CCN(Cc3ccncc3)CC2)cc2cc(Oc3ccc(NC(=O)c4ccc(Cl)c(Cl)c4)cn3)ccc21. The lowest BCUT2D eigenvalue weighted by atomic mass is 10.2. The fourth-order valence-corrected chi connectivity index (χ4v) is 5.39. The second-order valence-corrected chi connectivity index (χ2v) is 11.1. The number of carbonyl (C=O) groups is 2. The van der Waals surface area contributed by atoms with Crippen LogP contribution in [0, 0.1) is 0 Å². The molecule has 2 amide bonds. The minimum Gasteiger partial charge on any atom is -0.439 e. The molecule has 2 aromatic carbocycles. The van der Waals surface area contributed by atoms with Crippen LogP contribution in [-0.2, 0) is 13.6 Å². The number of nitrogens with one attached hydrogen (secondary N) is 1. The van der Waals surface area contributed by atoms with Gasteiger partial charge in [0.25, 0.3) is 11.8 Å². The highest BCUT2D eigenvalue weighted by Gasteiger charge is 2.25. The first kappa shape index (κ1) is 28.7. The summed E-state index contributed by atoms with van der Waals surface area (Å²) >= 11 is 12.0. The standard InChI is InChI=1S/C32H28Cl2N6O3/c1-38-28-6-4-25(43-30-7-3-24(19-36-30)37-31(41)22-2-5-26(33)27(34)17-22)16-23(28)18-29(38)32(42)40-14-12-39(13-15-40)20-21-8-10-35-11-9-21/h2-11,16-19H,12-15,20H2,1H3,(H,37,41). The zero-order valence-corrected chi connectivity index (χ0v) is 24.8. The van der Waals surface area contributed by atoms with Crippen LogP contribution in [-0.4, -0.2) is 62.3 Å². The largest absolute Gasteiger partial charge is 0.439 e. The van der Waals surface area contributed by atoms with E-state index in [1.54, 1.807) is 36.7 Å². The van der Waals surface area contributed by atoms with Crippen LogP contribution in [0.3, 0.4) is 0 Å². The van der Waals surface area contributed by atoms with Gasteiger partial charge in [-0.05, 0) is 66.2 Å². The normalized spacial score (nSPS) is 13.7. The molecule has 0 spiro atoms. The van der Waals surface area contributed by atoms with Gasteiger partial charge >= 0.3 is 0 Å². The number of rotatable bonds is 7. The number of ether oxygens (including phenoxy) is 1. The van der Waals surface area contributed by atoms with Crippen LogP contribution >= 0.6 is 23.2 Å². The van der Waals surface area contributed by atoms with Crippen LogP contribution in [0.2, 0.25) is 10.0 Å². The van der Waals surface area contributed by atoms with Gasteiger partial charge in [-0.1, -0.05) is 23.2 Å². The molecule has 1 saturated heterocycles. The highest BCUT2D eigenvalue weighted by Crippen LogP contribution is 2.28. The van der Waals surface area contributed by atoms with Gasteiger partial charge in [0.2, 0.25) is 5.88 Å². The minimum atomic E-state index is -0.333. The molecular weight excluding hydrogens is 587 g/mol. The molecular formula is C32H28Cl2N6O3. The van der Waals surface area contributed by atoms with Crippen LogP contribution in [0.15, 0.2) is 85.3 Å². The van der Waals surface area contributed by atoms with Crippen LogP contribution in [0.4, 0.5) is 5.69 Å². The maximum Gasteiger partial charge on any atom is 0.270 e. The quantitative estimate of drug-likeness (QED) is 0.232. The molecule has 0 bridgehead atoms. The number of fused-ring (bicyclic) bond motifs is 1. The van der Waals surface area contributed by atoms with Gasteiger partial charge in [0, 0.05) is 74.7 Å². The molecule has 0 radical (unpaired) electrons. The molecule has 6 rings (SSSR count). The summed E-state index contributed by atoms with van der Waals surface area (Å²) in [5.41, 5.74) is 3.67. The van der Waals surface area contributed by atoms with E-state index in [1.165, 1.54) is 17.8 Å². The van der Waals surface area contributed by atoms with E-state index < -0.39 is 0 Å². The van der Waals surface area contributed by atoms with E-state index in [9.17, 15) is 9.59 Å². The number of hydrogen-bond acceptors (Lipinski definition) is 6. The van der Waals surface area contributed by atoms with Crippen molar-refractivity contribution in [2.75, 3.05) is 31.5 Å². The van der Waals surface area contributed by atoms with Crippen molar-refractivity contribution in [2.24, 2.45) is 7.05 Å². The van der Waals surface area contributed by atoms with Crippen LogP contribution < -0.4 is 10.1 Å². The zero-order chi connectivity index (χ0) is 29.9. The van der Waals surface area contributed by atoms with Gasteiger partial charge in [0.05, 0.1) is 21.9 Å². The van der Waals surface area contributed by atoms with Crippen molar-refractivity contribution in [3.05, 3.63) is 112 Å². The summed E-state index contributed by atoms with van der Waals surface area (Å²) in [5, 5.41) is 4.35. The second kappa shape index (κ2) is 12.4. The molecule has 4 heterocycles. The Morgan fingerprint density at radius 2 is 1.70 bits per heavy atom. The van der Waals surface area contributed by atoms with Crippen molar-refractivity contribution in [3.8, 4) is 11.6 Å². The summed E-state index contributed by atoms with van der Waals surface area (Å²) in [7, 11) is 1.91. The van der Waals surface area contributed by atoms with Crippen LogP contribution in [0.5, 0.6) is 11.6 Å². The first-order chi connectivity index (χ1) is 20.8. The molecule has 0 unspecified atom stereocenters. The Morgan fingerprint density at radius 3 is 2.42 bits per heavy atom. The molecule has 0 saturated carbocycles. The molecule has 0 aliphatic carbocycles. The number of hydrogen-bond donors (Lipinski definition) is 1. The number of nitrogens with zero attached hydrogens (tertiary/aromatic N) is 5. The van der Waals surface area contributed by atoms with E-state index in [0.29, 0.717) is 51.7 Å². The van der Waals surface area contributed by atoms with Gasteiger partial charge in [-0.2, -0.15) is 0 Å².